The van der Waals surface area contributed by atoms with Crippen LogP contribution in [0.25, 0.3) is 38.7 Å². The summed E-state index contributed by atoms with van der Waals surface area (Å²) in [5.41, 5.74) is 4.28. The minimum atomic E-state index is -0.787. The Labute approximate surface area is 213 Å². The van der Waals surface area contributed by atoms with Crippen LogP contribution in [0.3, 0.4) is 0 Å². The second kappa shape index (κ2) is 8.46. The fourth-order valence-corrected chi connectivity index (χ4v) is 5.82. The largest absolute Gasteiger partial charge is 0.385 e. The van der Waals surface area contributed by atoms with E-state index in [9.17, 15) is 5.11 Å². The molecule has 0 aliphatic heterocycles. The number of anilines is 1. The van der Waals surface area contributed by atoms with Crippen LogP contribution >= 0.6 is 11.3 Å². The Balaban J connectivity index is 1.49. The van der Waals surface area contributed by atoms with E-state index in [1.807, 2.05) is 38.3 Å². The van der Waals surface area contributed by atoms with Gasteiger partial charge in [0.2, 0.25) is 11.9 Å². The number of benzene rings is 1. The number of pyridine rings is 1. The molecule has 4 heterocycles. The number of aliphatic hydroxyl groups is 1. The first-order chi connectivity index (χ1) is 17.3. The zero-order valence-corrected chi connectivity index (χ0v) is 21.5. The summed E-state index contributed by atoms with van der Waals surface area (Å²) >= 11 is 1.65. The van der Waals surface area contributed by atoms with Crippen LogP contribution in [0.4, 0.5) is 5.95 Å². The van der Waals surface area contributed by atoms with Gasteiger partial charge in [0, 0.05) is 48.3 Å². The van der Waals surface area contributed by atoms with Gasteiger partial charge in [-0.25, -0.2) is 4.98 Å². The molecule has 5 aromatic rings. The topological polar surface area (TPSA) is 92.9 Å². The third-order valence-electron chi connectivity index (χ3n) is 6.98. The number of nitrogens with zero attached hydrogens (tertiary/aromatic N) is 7. The molecule has 1 aromatic carbocycles. The lowest BCUT2D eigenvalue weighted by Crippen LogP contribution is -2.28. The highest BCUT2D eigenvalue weighted by atomic mass is 32.1. The van der Waals surface area contributed by atoms with Crippen molar-refractivity contribution in [1.29, 1.82) is 0 Å². The van der Waals surface area contributed by atoms with Crippen LogP contribution in [0.1, 0.15) is 43.7 Å². The summed E-state index contributed by atoms with van der Waals surface area (Å²) in [5.74, 6) is 2.03. The molecule has 9 heteroatoms. The number of imidazole rings is 1. The summed E-state index contributed by atoms with van der Waals surface area (Å²) in [4.78, 5) is 25.0. The van der Waals surface area contributed by atoms with Gasteiger partial charge in [-0.15, -0.1) is 11.3 Å². The molecule has 8 nitrogen and oxygen atoms in total. The molecule has 0 spiro atoms. The molecule has 0 saturated heterocycles. The monoisotopic (exact) mass is 497 g/mol. The van der Waals surface area contributed by atoms with Gasteiger partial charge in [0.1, 0.15) is 6.33 Å². The predicted octanol–water partition coefficient (Wildman–Crippen LogP) is 5.17. The van der Waals surface area contributed by atoms with Gasteiger partial charge >= 0.3 is 0 Å². The predicted molar refractivity (Wildman–Crippen MR) is 143 cm³/mol. The number of fused-ring (bicyclic) bond motifs is 2. The Morgan fingerprint density at radius 1 is 1.17 bits per heavy atom. The van der Waals surface area contributed by atoms with Gasteiger partial charge < -0.3 is 10.0 Å². The van der Waals surface area contributed by atoms with Crippen molar-refractivity contribution in [2.24, 2.45) is 0 Å². The molecule has 0 saturated carbocycles. The highest BCUT2D eigenvalue weighted by Gasteiger charge is 2.33. The maximum absolute atomic E-state index is 10.9. The van der Waals surface area contributed by atoms with E-state index in [-0.39, 0.29) is 0 Å². The maximum atomic E-state index is 10.9. The molecule has 1 aliphatic carbocycles. The van der Waals surface area contributed by atoms with Gasteiger partial charge in [-0.1, -0.05) is 19.1 Å². The van der Waals surface area contributed by atoms with Crippen molar-refractivity contribution < 1.29 is 5.11 Å². The fourth-order valence-electron chi connectivity index (χ4n) is 4.91. The number of hydrogen-bond acceptors (Lipinski definition) is 8. The first-order valence-electron chi connectivity index (χ1n) is 12.0. The van der Waals surface area contributed by atoms with Crippen LogP contribution in [-0.4, -0.2) is 48.7 Å². The minimum Gasteiger partial charge on any atom is -0.385 e. The number of rotatable bonds is 4. The van der Waals surface area contributed by atoms with Crippen LogP contribution in [0.2, 0.25) is 0 Å². The number of hydrogen-bond donors (Lipinski definition) is 1. The molecule has 1 N–H and O–H groups in total. The van der Waals surface area contributed by atoms with Crippen molar-refractivity contribution in [3.8, 4) is 28.6 Å². The Hall–Kier alpha value is -3.69. The third-order valence-corrected chi connectivity index (χ3v) is 7.92. The molecule has 36 heavy (non-hydrogen) atoms. The van der Waals surface area contributed by atoms with E-state index in [0.717, 1.165) is 45.3 Å². The summed E-state index contributed by atoms with van der Waals surface area (Å²) < 4.78 is 2.85. The molecule has 4 aromatic heterocycles. The molecule has 0 amide bonds. The van der Waals surface area contributed by atoms with Crippen LogP contribution < -0.4 is 4.90 Å². The molecule has 0 fully saturated rings. The van der Waals surface area contributed by atoms with Crippen molar-refractivity contribution in [2.75, 3.05) is 19.0 Å². The normalized spacial score (nSPS) is 19.4. The molecular formula is C27H27N7OS. The van der Waals surface area contributed by atoms with Crippen molar-refractivity contribution in [3.63, 3.8) is 0 Å². The van der Waals surface area contributed by atoms with Crippen LogP contribution in [-0.2, 0) is 5.60 Å². The Bertz CT molecular complexity index is 1570. The molecule has 0 radical (unpaired) electrons. The molecular weight excluding hydrogens is 470 g/mol. The molecule has 2 unspecified atom stereocenters. The van der Waals surface area contributed by atoms with E-state index >= 15 is 0 Å². The summed E-state index contributed by atoms with van der Waals surface area (Å²) in [5, 5.41) is 14.1. The lowest BCUT2D eigenvalue weighted by molar-refractivity contribution is 0.0353. The van der Waals surface area contributed by atoms with E-state index < -0.39 is 5.60 Å². The third kappa shape index (κ3) is 3.75. The highest BCUT2D eigenvalue weighted by Crippen LogP contribution is 2.43. The first kappa shape index (κ1) is 22.8. The van der Waals surface area contributed by atoms with Crippen molar-refractivity contribution in [2.45, 2.75) is 38.2 Å². The second-order valence-corrected chi connectivity index (χ2v) is 10.7. The lowest BCUT2D eigenvalue weighted by Gasteiger charge is -2.34. The van der Waals surface area contributed by atoms with Crippen molar-refractivity contribution >= 4 is 27.4 Å². The molecule has 182 valence electrons. The molecule has 1 aliphatic rings. The Kier molecular flexibility index (Phi) is 5.35. The number of thiophene rings is 1. The minimum absolute atomic E-state index is 0.397. The van der Waals surface area contributed by atoms with Gasteiger partial charge in [0.15, 0.2) is 5.82 Å². The number of aromatic nitrogens is 6. The zero-order chi connectivity index (χ0) is 25.0. The van der Waals surface area contributed by atoms with Crippen LogP contribution in [0, 0.1) is 0 Å². The first-order valence-corrected chi connectivity index (χ1v) is 12.9. The van der Waals surface area contributed by atoms with Crippen molar-refractivity contribution in [3.05, 3.63) is 65.7 Å². The fraction of sp³-hybridized carbons (Fsp3) is 0.296. The van der Waals surface area contributed by atoms with Gasteiger partial charge in [-0.3, -0.25) is 9.55 Å². The van der Waals surface area contributed by atoms with Gasteiger partial charge in [0.05, 0.1) is 16.9 Å². The summed E-state index contributed by atoms with van der Waals surface area (Å²) in [6.07, 6.45) is 8.80. The van der Waals surface area contributed by atoms with Gasteiger partial charge in [0.25, 0.3) is 0 Å². The molecule has 2 atom stereocenters. The van der Waals surface area contributed by atoms with E-state index in [0.29, 0.717) is 23.6 Å². The van der Waals surface area contributed by atoms with E-state index in [2.05, 4.69) is 46.5 Å². The standard InChI is InChI=1S/C27H27N7OS/c1-16-7-9-27(2,35)21-6-5-17(13-19(16)21)22-18-8-12-36-23(18)20(14-29-22)24-30-25(33(3)4)32-26(31-24)34-11-10-28-15-34/h5-6,8,10-16,35H,7,9H2,1-4H3. The smallest absolute Gasteiger partial charge is 0.240 e. The average Bonchev–Trinajstić information content (AvgIpc) is 3.58. The summed E-state index contributed by atoms with van der Waals surface area (Å²) in [6, 6.07) is 8.46. The van der Waals surface area contributed by atoms with Gasteiger partial charge in [-0.2, -0.15) is 15.0 Å². The summed E-state index contributed by atoms with van der Waals surface area (Å²) in [7, 11) is 3.82. The van der Waals surface area contributed by atoms with E-state index in [1.165, 1.54) is 5.56 Å². The molecule has 6 rings (SSSR count). The zero-order valence-electron chi connectivity index (χ0n) is 20.7. The Morgan fingerprint density at radius 3 is 2.81 bits per heavy atom. The van der Waals surface area contributed by atoms with Crippen molar-refractivity contribution in [1.82, 2.24) is 29.5 Å². The van der Waals surface area contributed by atoms with Crippen LogP contribution in [0.15, 0.2) is 54.6 Å². The maximum Gasteiger partial charge on any atom is 0.240 e. The van der Waals surface area contributed by atoms with E-state index in [4.69, 9.17) is 15.0 Å². The Morgan fingerprint density at radius 2 is 2.03 bits per heavy atom. The average molecular weight is 498 g/mol. The second-order valence-electron chi connectivity index (χ2n) is 9.82. The molecule has 0 bridgehead atoms. The van der Waals surface area contributed by atoms with Crippen LogP contribution in [0.5, 0.6) is 0 Å². The summed E-state index contributed by atoms with van der Waals surface area (Å²) in [6.45, 7) is 4.14. The quantitative estimate of drug-likeness (QED) is 0.366. The lowest BCUT2D eigenvalue weighted by atomic mass is 9.75. The SMILES string of the molecule is CC1CCC(C)(O)c2ccc(-c3ncc(-c4nc(N(C)C)nc(-n5ccnc5)n4)c4sccc34)cc21. The van der Waals surface area contributed by atoms with Gasteiger partial charge in [-0.05, 0) is 54.3 Å². The van der Waals surface area contributed by atoms with E-state index in [1.54, 1.807) is 28.4 Å². The highest BCUT2D eigenvalue weighted by molar-refractivity contribution is 7.17.